The summed E-state index contributed by atoms with van der Waals surface area (Å²) in [6, 6.07) is 19.5. The first-order valence-electron chi connectivity index (χ1n) is 10.6. The van der Waals surface area contributed by atoms with Crippen LogP contribution in [0, 0.1) is 6.92 Å². The molecule has 0 radical (unpaired) electrons. The molecule has 0 atom stereocenters. The molecule has 4 aromatic heterocycles. The number of thioether (sulfide) groups is 1. The van der Waals surface area contributed by atoms with Crippen LogP contribution in [0.25, 0.3) is 39.1 Å². The number of benzene rings is 2. The van der Waals surface area contributed by atoms with Gasteiger partial charge in [0.05, 0.1) is 5.75 Å². The summed E-state index contributed by atoms with van der Waals surface area (Å²) in [6.45, 7) is 2.05. The number of pyridine rings is 1. The minimum atomic E-state index is -0.297. The van der Waals surface area contributed by atoms with Gasteiger partial charge in [0, 0.05) is 29.0 Å². The van der Waals surface area contributed by atoms with Crippen molar-refractivity contribution in [3.8, 4) is 17.1 Å². The number of hydrogen-bond donors (Lipinski definition) is 1. The second-order valence-corrected chi connectivity index (χ2v) is 8.73. The Morgan fingerprint density at radius 1 is 1.00 bits per heavy atom. The molecule has 0 saturated heterocycles. The minimum absolute atomic E-state index is 0.234. The van der Waals surface area contributed by atoms with E-state index in [1.807, 2.05) is 60.0 Å². The first kappa shape index (κ1) is 20.4. The largest absolute Gasteiger partial charge is 0.449 e. The molecule has 0 bridgehead atoms. The predicted molar refractivity (Wildman–Crippen MR) is 131 cm³/mol. The van der Waals surface area contributed by atoms with E-state index in [0.717, 1.165) is 16.6 Å². The lowest BCUT2D eigenvalue weighted by Gasteiger charge is -2.10. The van der Waals surface area contributed by atoms with Gasteiger partial charge in [-0.2, -0.15) is 0 Å². The topological polar surface area (TPSA) is 102 Å². The van der Waals surface area contributed by atoms with Crippen molar-refractivity contribution in [2.24, 2.45) is 0 Å². The average molecular weight is 467 g/mol. The summed E-state index contributed by atoms with van der Waals surface area (Å²) in [5, 5.41) is 10.4. The van der Waals surface area contributed by atoms with E-state index in [1.54, 1.807) is 12.4 Å². The van der Waals surface area contributed by atoms with Gasteiger partial charge in [-0.15, -0.1) is 10.2 Å². The molecule has 0 unspecified atom stereocenters. The fraction of sp³-hybridized carbons (Fsp3) is 0.0800. The molecular weight excluding hydrogens is 448 g/mol. The molecule has 9 heteroatoms. The normalized spacial score (nSPS) is 11.4. The number of para-hydroxylation sites is 1. The lowest BCUT2D eigenvalue weighted by Crippen LogP contribution is -2.10. The summed E-state index contributed by atoms with van der Waals surface area (Å²) in [5.41, 5.74) is 4.16. The number of nitrogens with zero attached hydrogens (tertiary/aromatic N) is 5. The van der Waals surface area contributed by atoms with Crippen molar-refractivity contribution >= 4 is 33.8 Å². The van der Waals surface area contributed by atoms with E-state index in [2.05, 4.69) is 37.3 Å². The molecule has 34 heavy (non-hydrogen) atoms. The third-order valence-electron chi connectivity index (χ3n) is 5.48. The Morgan fingerprint density at radius 3 is 2.62 bits per heavy atom. The van der Waals surface area contributed by atoms with Crippen LogP contribution in [0.4, 0.5) is 0 Å². The number of furan rings is 1. The van der Waals surface area contributed by atoms with Gasteiger partial charge in [0.2, 0.25) is 5.58 Å². The van der Waals surface area contributed by atoms with Gasteiger partial charge >= 0.3 is 0 Å². The van der Waals surface area contributed by atoms with Crippen LogP contribution in [0.15, 0.2) is 87.4 Å². The summed E-state index contributed by atoms with van der Waals surface area (Å²) in [5.74, 6) is 1.66. The Bertz CT molecular complexity index is 1690. The highest BCUT2D eigenvalue weighted by molar-refractivity contribution is 7.98. The molecule has 8 nitrogen and oxygen atoms in total. The number of rotatable bonds is 5. The van der Waals surface area contributed by atoms with Gasteiger partial charge in [0.1, 0.15) is 16.9 Å². The van der Waals surface area contributed by atoms with E-state index in [4.69, 9.17) is 4.42 Å². The van der Waals surface area contributed by atoms with Gasteiger partial charge in [-0.3, -0.25) is 14.3 Å². The Labute approximate surface area is 197 Å². The van der Waals surface area contributed by atoms with Crippen molar-refractivity contribution in [2.45, 2.75) is 17.8 Å². The second-order valence-electron chi connectivity index (χ2n) is 7.79. The highest BCUT2D eigenvalue weighted by Gasteiger charge is 2.18. The zero-order valence-corrected chi connectivity index (χ0v) is 18.9. The Morgan fingerprint density at radius 2 is 1.79 bits per heavy atom. The van der Waals surface area contributed by atoms with E-state index >= 15 is 0 Å². The molecular formula is C25H18N6O2S. The maximum Gasteiger partial charge on any atom is 0.294 e. The molecule has 0 aliphatic heterocycles. The first-order valence-corrected chi connectivity index (χ1v) is 11.6. The average Bonchev–Trinajstić information content (AvgIpc) is 3.46. The SMILES string of the molecule is Cc1ccc(-n2c(SCc3nc4c(oc5ccccc54)c(=O)[nH]3)nnc2-c2ccncc2)cc1. The Hall–Kier alpha value is -4.24. The van der Waals surface area contributed by atoms with Gasteiger partial charge in [-0.05, 0) is 43.3 Å². The number of fused-ring (bicyclic) bond motifs is 3. The summed E-state index contributed by atoms with van der Waals surface area (Å²) >= 11 is 1.45. The quantitative estimate of drug-likeness (QED) is 0.360. The summed E-state index contributed by atoms with van der Waals surface area (Å²) in [6.07, 6.45) is 3.46. The molecule has 0 aliphatic carbocycles. The zero-order valence-electron chi connectivity index (χ0n) is 18.1. The molecule has 0 spiro atoms. The van der Waals surface area contributed by atoms with E-state index in [9.17, 15) is 4.79 Å². The highest BCUT2D eigenvalue weighted by atomic mass is 32.2. The van der Waals surface area contributed by atoms with E-state index in [1.165, 1.54) is 17.3 Å². The fourth-order valence-electron chi connectivity index (χ4n) is 3.83. The van der Waals surface area contributed by atoms with E-state index < -0.39 is 0 Å². The summed E-state index contributed by atoms with van der Waals surface area (Å²) in [7, 11) is 0. The molecule has 0 amide bonds. The smallest absolute Gasteiger partial charge is 0.294 e. The van der Waals surface area contributed by atoms with Gasteiger partial charge in [0.15, 0.2) is 11.0 Å². The number of hydrogen-bond acceptors (Lipinski definition) is 7. The third kappa shape index (κ3) is 3.56. The molecule has 0 saturated carbocycles. The second kappa shape index (κ2) is 8.27. The summed E-state index contributed by atoms with van der Waals surface area (Å²) in [4.78, 5) is 24.3. The molecule has 6 rings (SSSR count). The maximum atomic E-state index is 12.7. The Kier molecular flexibility index (Phi) is 4.96. The van der Waals surface area contributed by atoms with Gasteiger partial charge < -0.3 is 9.40 Å². The van der Waals surface area contributed by atoms with Gasteiger partial charge in [-0.25, -0.2) is 4.98 Å². The van der Waals surface area contributed by atoms with Gasteiger partial charge in [0.25, 0.3) is 5.56 Å². The van der Waals surface area contributed by atoms with Crippen LogP contribution in [0.5, 0.6) is 0 Å². The first-order chi connectivity index (χ1) is 16.7. The van der Waals surface area contributed by atoms with Crippen molar-refractivity contribution in [1.29, 1.82) is 0 Å². The van der Waals surface area contributed by atoms with Crippen LogP contribution in [0.3, 0.4) is 0 Å². The molecule has 0 fully saturated rings. The van der Waals surface area contributed by atoms with Gasteiger partial charge in [-0.1, -0.05) is 41.6 Å². The van der Waals surface area contributed by atoms with Crippen molar-refractivity contribution in [3.05, 3.63) is 94.8 Å². The molecule has 4 heterocycles. The highest BCUT2D eigenvalue weighted by Crippen LogP contribution is 2.30. The van der Waals surface area contributed by atoms with E-state index in [0.29, 0.717) is 33.7 Å². The third-order valence-corrected chi connectivity index (χ3v) is 6.42. The predicted octanol–water partition coefficient (Wildman–Crippen LogP) is 4.91. The van der Waals surface area contributed by atoms with Crippen LogP contribution in [0.1, 0.15) is 11.4 Å². The molecule has 1 N–H and O–H groups in total. The standard InChI is InChI=1S/C25H18N6O2S/c1-15-6-8-17(9-7-15)31-23(16-10-12-26-13-11-16)29-30-25(31)34-14-20-27-21-18-4-2-3-5-19(18)33-22(21)24(32)28-20/h2-13H,14H2,1H3,(H,27,28,32). The van der Waals surface area contributed by atoms with Crippen molar-refractivity contribution < 1.29 is 4.42 Å². The maximum absolute atomic E-state index is 12.7. The number of aromatic nitrogens is 6. The lowest BCUT2D eigenvalue weighted by atomic mass is 10.2. The molecule has 6 aromatic rings. The van der Waals surface area contributed by atoms with Crippen molar-refractivity contribution in [3.63, 3.8) is 0 Å². The number of aromatic amines is 1. The fourth-order valence-corrected chi connectivity index (χ4v) is 4.65. The monoisotopic (exact) mass is 466 g/mol. The van der Waals surface area contributed by atoms with E-state index in [-0.39, 0.29) is 11.1 Å². The van der Waals surface area contributed by atoms with Crippen molar-refractivity contribution in [1.82, 2.24) is 29.7 Å². The zero-order chi connectivity index (χ0) is 23.1. The van der Waals surface area contributed by atoms with Crippen molar-refractivity contribution in [2.75, 3.05) is 0 Å². The summed E-state index contributed by atoms with van der Waals surface area (Å²) < 4.78 is 7.70. The molecule has 2 aromatic carbocycles. The van der Waals surface area contributed by atoms with Crippen LogP contribution >= 0.6 is 11.8 Å². The lowest BCUT2D eigenvalue weighted by molar-refractivity contribution is 0.660. The molecule has 0 aliphatic rings. The van der Waals surface area contributed by atoms with Crippen LogP contribution in [-0.2, 0) is 5.75 Å². The van der Waals surface area contributed by atoms with Crippen LogP contribution < -0.4 is 5.56 Å². The van der Waals surface area contributed by atoms with Crippen LogP contribution in [0.2, 0.25) is 0 Å². The number of aryl methyl sites for hydroxylation is 1. The van der Waals surface area contributed by atoms with Crippen LogP contribution in [-0.4, -0.2) is 29.7 Å². The Balaban J connectivity index is 1.40. The number of nitrogens with one attached hydrogen (secondary N) is 1. The number of H-pyrrole nitrogens is 1. The minimum Gasteiger partial charge on any atom is -0.449 e. The molecule has 166 valence electrons.